The molecule has 188 valence electrons. The third-order valence-corrected chi connectivity index (χ3v) is 6.18. The lowest BCUT2D eigenvalue weighted by Gasteiger charge is -2.26. The molecular formula is C29H46N4O. The van der Waals surface area contributed by atoms with Crippen LogP contribution in [0.2, 0.25) is 0 Å². The molecule has 1 aliphatic carbocycles. The highest BCUT2D eigenvalue weighted by Gasteiger charge is 2.23. The van der Waals surface area contributed by atoms with Crippen LogP contribution in [-0.4, -0.2) is 25.9 Å². The fourth-order valence-corrected chi connectivity index (χ4v) is 4.10. The third-order valence-electron chi connectivity index (χ3n) is 6.18. The van der Waals surface area contributed by atoms with E-state index in [-0.39, 0.29) is 0 Å². The molecule has 5 nitrogen and oxygen atoms in total. The predicted molar refractivity (Wildman–Crippen MR) is 148 cm³/mol. The number of nitrogens with zero attached hydrogens (tertiary/aromatic N) is 1. The topological polar surface area (TPSA) is 85.7 Å². The molecular weight excluding hydrogens is 420 g/mol. The highest BCUT2D eigenvalue weighted by atomic mass is 16.5. The Morgan fingerprint density at radius 3 is 2.32 bits per heavy atom. The van der Waals surface area contributed by atoms with Gasteiger partial charge in [0.15, 0.2) is 0 Å². The van der Waals surface area contributed by atoms with Crippen molar-refractivity contribution in [3.05, 3.63) is 51.9 Å². The minimum atomic E-state index is 0.552. The summed E-state index contributed by atoms with van der Waals surface area (Å²) in [7, 11) is 1.80. The minimum absolute atomic E-state index is 0.552. The van der Waals surface area contributed by atoms with Crippen molar-refractivity contribution in [1.29, 1.82) is 0 Å². The quantitative estimate of drug-likeness (QED) is 0.385. The van der Waals surface area contributed by atoms with E-state index in [1.807, 2.05) is 26.0 Å². The number of nitrogens with two attached hydrogens (primary N) is 2. The van der Waals surface area contributed by atoms with E-state index in [9.17, 15) is 0 Å². The number of benzene rings is 1. The Morgan fingerprint density at radius 1 is 1.15 bits per heavy atom. The van der Waals surface area contributed by atoms with Crippen molar-refractivity contribution < 1.29 is 4.74 Å². The minimum Gasteiger partial charge on any atom is -0.494 e. The molecule has 0 spiro atoms. The summed E-state index contributed by atoms with van der Waals surface area (Å²) < 4.78 is 5.58. The van der Waals surface area contributed by atoms with Gasteiger partial charge in [-0.25, -0.2) is 0 Å². The Morgan fingerprint density at radius 2 is 1.85 bits per heavy atom. The van der Waals surface area contributed by atoms with E-state index < -0.39 is 0 Å². The summed E-state index contributed by atoms with van der Waals surface area (Å²) in [5.74, 6) is 0.873. The largest absolute Gasteiger partial charge is 0.494 e. The van der Waals surface area contributed by atoms with Crippen LogP contribution < -0.4 is 21.5 Å². The molecule has 1 fully saturated rings. The smallest absolute Gasteiger partial charge is 0.121 e. The van der Waals surface area contributed by atoms with E-state index in [1.165, 1.54) is 31.3 Å². The Labute approximate surface area is 207 Å². The van der Waals surface area contributed by atoms with Gasteiger partial charge in [0, 0.05) is 42.3 Å². The first-order chi connectivity index (χ1) is 16.1. The molecule has 0 radical (unpaired) electrons. The van der Waals surface area contributed by atoms with Gasteiger partial charge in [-0.2, -0.15) is 0 Å². The monoisotopic (exact) mass is 466 g/mol. The zero-order valence-corrected chi connectivity index (χ0v) is 22.5. The van der Waals surface area contributed by atoms with Gasteiger partial charge < -0.3 is 21.5 Å². The van der Waals surface area contributed by atoms with E-state index in [4.69, 9.17) is 16.2 Å². The number of rotatable bonds is 7. The van der Waals surface area contributed by atoms with Crippen molar-refractivity contribution in [1.82, 2.24) is 0 Å². The van der Waals surface area contributed by atoms with Crippen molar-refractivity contribution in [2.45, 2.75) is 80.1 Å². The van der Waals surface area contributed by atoms with Crippen LogP contribution in [0.3, 0.4) is 0 Å². The molecule has 1 aromatic rings. The van der Waals surface area contributed by atoms with Crippen LogP contribution in [0.15, 0.2) is 51.3 Å². The lowest BCUT2D eigenvalue weighted by atomic mass is 9.85. The van der Waals surface area contributed by atoms with Crippen LogP contribution in [0.4, 0.5) is 5.69 Å². The molecule has 0 aromatic heterocycles. The summed E-state index contributed by atoms with van der Waals surface area (Å²) in [5.41, 5.74) is 21.0. The Bertz CT molecular complexity index is 951. The second kappa shape index (κ2) is 12.7. The predicted octanol–water partition coefficient (Wildman–Crippen LogP) is 6.82. The van der Waals surface area contributed by atoms with Gasteiger partial charge in [0.1, 0.15) is 5.75 Å². The van der Waals surface area contributed by atoms with Crippen LogP contribution in [0.1, 0.15) is 85.6 Å². The molecule has 0 saturated heterocycles. The number of ether oxygens (including phenoxy) is 1. The fraction of sp³-hybridized carbons (Fsp3) is 0.552. The average molecular weight is 467 g/mol. The van der Waals surface area contributed by atoms with Crippen molar-refractivity contribution in [2.75, 3.05) is 25.5 Å². The Hall–Kier alpha value is -2.69. The number of aliphatic imine (C=N–C) groups is 1. The number of fused-ring (bicyclic) bond motifs is 1. The third kappa shape index (κ3) is 7.68. The van der Waals surface area contributed by atoms with E-state index in [0.29, 0.717) is 24.3 Å². The highest BCUT2D eigenvalue weighted by molar-refractivity contribution is 6.18. The number of hydrogen-bond donors (Lipinski definition) is 3. The molecule has 0 amide bonds. The highest BCUT2D eigenvalue weighted by Crippen LogP contribution is 2.33. The summed E-state index contributed by atoms with van der Waals surface area (Å²) in [6.45, 7) is 14.3. The number of allylic oxidation sites excluding steroid dienone is 3. The number of nitrogens with one attached hydrogen (secondary N) is 1. The molecule has 34 heavy (non-hydrogen) atoms. The van der Waals surface area contributed by atoms with Crippen molar-refractivity contribution in [3.63, 3.8) is 0 Å². The SMILES string of the molecule is CCCCC(C)(C)C.CCOc1ccc2c(c1)NCC(C(=NC)/C(C(N)=C1CCC1)=C(\C)N)=C2. The van der Waals surface area contributed by atoms with E-state index >= 15 is 0 Å². The van der Waals surface area contributed by atoms with Crippen LogP contribution >= 0.6 is 0 Å². The summed E-state index contributed by atoms with van der Waals surface area (Å²) in [5, 5.41) is 3.47. The molecule has 0 atom stereocenters. The Kier molecular flexibility index (Phi) is 10.3. The van der Waals surface area contributed by atoms with Crippen LogP contribution in [0.5, 0.6) is 5.75 Å². The van der Waals surface area contributed by atoms with Gasteiger partial charge in [-0.05, 0) is 79.9 Å². The zero-order chi connectivity index (χ0) is 25.3. The second-order valence-corrected chi connectivity index (χ2v) is 10.4. The van der Waals surface area contributed by atoms with Crippen LogP contribution in [-0.2, 0) is 0 Å². The molecule has 0 unspecified atom stereocenters. The summed E-state index contributed by atoms with van der Waals surface area (Å²) in [6.07, 6.45) is 9.54. The van der Waals surface area contributed by atoms with Gasteiger partial charge in [0.25, 0.3) is 0 Å². The Balaban J connectivity index is 0.000000440. The summed E-state index contributed by atoms with van der Waals surface area (Å²) in [4.78, 5) is 4.55. The van der Waals surface area contributed by atoms with E-state index in [1.54, 1.807) is 7.05 Å². The van der Waals surface area contributed by atoms with Crippen LogP contribution in [0, 0.1) is 5.41 Å². The van der Waals surface area contributed by atoms with Crippen LogP contribution in [0.25, 0.3) is 6.08 Å². The van der Waals surface area contributed by atoms with Gasteiger partial charge in [-0.1, -0.05) is 40.5 Å². The van der Waals surface area contributed by atoms with Gasteiger partial charge >= 0.3 is 0 Å². The van der Waals surface area contributed by atoms with E-state index in [2.05, 4.69) is 50.1 Å². The number of unbranched alkanes of at least 4 members (excludes halogenated alkanes) is 1. The average Bonchev–Trinajstić information content (AvgIpc) is 2.74. The number of hydrogen-bond acceptors (Lipinski definition) is 5. The summed E-state index contributed by atoms with van der Waals surface area (Å²) in [6, 6.07) is 6.08. The fourth-order valence-electron chi connectivity index (χ4n) is 4.10. The first kappa shape index (κ1) is 27.6. The molecule has 0 bridgehead atoms. The molecule has 1 aliphatic heterocycles. The van der Waals surface area contributed by atoms with Gasteiger partial charge in [-0.15, -0.1) is 0 Å². The number of anilines is 1. The summed E-state index contributed by atoms with van der Waals surface area (Å²) >= 11 is 0. The van der Waals surface area contributed by atoms with Gasteiger partial charge in [-0.3, -0.25) is 4.99 Å². The first-order valence-corrected chi connectivity index (χ1v) is 12.7. The maximum Gasteiger partial charge on any atom is 0.121 e. The normalized spacial score (nSPS) is 16.1. The van der Waals surface area contributed by atoms with Crippen molar-refractivity contribution >= 4 is 17.5 Å². The maximum absolute atomic E-state index is 6.45. The first-order valence-electron chi connectivity index (χ1n) is 12.7. The second-order valence-electron chi connectivity index (χ2n) is 10.4. The molecule has 1 saturated carbocycles. The lowest BCUT2D eigenvalue weighted by Crippen LogP contribution is -2.25. The standard InChI is InChI=1S/C21H28N4O.C8H18/c1-4-26-17-9-8-15-10-16(12-25-18(15)11-17)21(24-3)19(13(2)22)20(23)14-6-5-7-14;1-5-6-7-8(2,3)4/h8-11,25H,4-7,12,22-23H2,1-3H3;5-7H2,1-4H3/b19-13+,24-21?;. The molecule has 1 heterocycles. The zero-order valence-electron chi connectivity index (χ0n) is 22.5. The maximum atomic E-state index is 6.45. The lowest BCUT2D eigenvalue weighted by molar-refractivity contribution is 0.340. The van der Waals surface area contributed by atoms with Gasteiger partial charge in [0.2, 0.25) is 0 Å². The molecule has 5 heteroatoms. The molecule has 1 aromatic carbocycles. The van der Waals surface area contributed by atoms with Crippen molar-refractivity contribution in [2.24, 2.45) is 21.9 Å². The van der Waals surface area contributed by atoms with Crippen molar-refractivity contribution in [3.8, 4) is 5.75 Å². The van der Waals surface area contributed by atoms with Gasteiger partial charge in [0.05, 0.1) is 12.3 Å². The molecule has 5 N–H and O–H groups in total. The molecule has 3 rings (SSSR count). The van der Waals surface area contributed by atoms with E-state index in [0.717, 1.165) is 52.4 Å². The molecule has 2 aliphatic rings.